The first-order chi connectivity index (χ1) is 12.4. The zero-order valence-electron chi connectivity index (χ0n) is 13.4. The van der Waals surface area contributed by atoms with Crippen molar-refractivity contribution in [1.82, 2.24) is 14.9 Å². The Kier molecular flexibility index (Phi) is 4.94. The van der Waals surface area contributed by atoms with E-state index >= 15 is 0 Å². The van der Waals surface area contributed by atoms with Crippen LogP contribution in [-0.2, 0) is 17.9 Å². The summed E-state index contributed by atoms with van der Waals surface area (Å²) >= 11 is 5.89. The third-order valence-electron chi connectivity index (χ3n) is 3.71. The number of nitrogens with zero attached hydrogens (tertiary/aromatic N) is 3. The normalized spacial score (nSPS) is 10.7. The van der Waals surface area contributed by atoms with Crippen molar-refractivity contribution in [2.75, 3.05) is 0 Å². The van der Waals surface area contributed by atoms with Gasteiger partial charge in [-0.15, -0.1) is 0 Å². The van der Waals surface area contributed by atoms with Gasteiger partial charge in [0.05, 0.1) is 22.2 Å². The van der Waals surface area contributed by atoms with Gasteiger partial charge in [0.15, 0.2) is 0 Å². The molecule has 9 heteroatoms. The topological polar surface area (TPSA) is 107 Å². The summed E-state index contributed by atoms with van der Waals surface area (Å²) in [4.78, 5) is 38.8. The minimum Gasteiger partial charge on any atom is -0.350 e. The number of non-ortho nitro benzene ring substituents is 1. The number of benzene rings is 2. The lowest BCUT2D eigenvalue weighted by Crippen LogP contribution is -2.32. The molecule has 0 aliphatic carbocycles. The molecule has 1 heterocycles. The Labute approximate surface area is 152 Å². The summed E-state index contributed by atoms with van der Waals surface area (Å²) < 4.78 is 1.15. The molecular weight excluding hydrogens is 360 g/mol. The number of aromatic nitrogens is 2. The minimum atomic E-state index is -0.560. The standard InChI is InChI=1S/C17H13ClN4O4/c18-12-3-1-2-11(6-12)8-19-16(23)9-21-10-20-15-7-13(22(25)26)4-5-14(15)17(21)24/h1-7,10H,8-9H2,(H,19,23). The van der Waals surface area contributed by atoms with Crippen molar-refractivity contribution in [3.05, 3.63) is 79.8 Å². The molecule has 0 unspecified atom stereocenters. The molecule has 0 bridgehead atoms. The van der Waals surface area contributed by atoms with Gasteiger partial charge < -0.3 is 5.32 Å². The fourth-order valence-electron chi connectivity index (χ4n) is 2.43. The van der Waals surface area contributed by atoms with Crippen LogP contribution in [0.25, 0.3) is 10.9 Å². The van der Waals surface area contributed by atoms with Gasteiger partial charge in [0.2, 0.25) is 5.91 Å². The number of nitrogens with one attached hydrogen (secondary N) is 1. The molecule has 0 fully saturated rings. The van der Waals surface area contributed by atoms with Gasteiger partial charge in [-0.2, -0.15) is 0 Å². The maximum Gasteiger partial charge on any atom is 0.271 e. The number of carbonyl (C=O) groups excluding carboxylic acids is 1. The summed E-state index contributed by atoms with van der Waals surface area (Å²) in [5.74, 6) is -0.366. The van der Waals surface area contributed by atoms with Crippen LogP contribution in [0.3, 0.4) is 0 Å². The number of carbonyl (C=O) groups is 1. The minimum absolute atomic E-state index is 0.151. The van der Waals surface area contributed by atoms with Gasteiger partial charge in [0, 0.05) is 23.7 Å². The highest BCUT2D eigenvalue weighted by Crippen LogP contribution is 2.16. The Bertz CT molecular complexity index is 1060. The smallest absolute Gasteiger partial charge is 0.271 e. The number of hydrogen-bond acceptors (Lipinski definition) is 5. The summed E-state index contributed by atoms with van der Waals surface area (Å²) in [5.41, 5.74) is 0.450. The molecule has 3 aromatic rings. The van der Waals surface area contributed by atoms with Crippen LogP contribution in [0.5, 0.6) is 0 Å². The van der Waals surface area contributed by atoms with Crippen LogP contribution in [0.1, 0.15) is 5.56 Å². The van der Waals surface area contributed by atoms with Crippen molar-refractivity contribution < 1.29 is 9.72 Å². The average Bonchev–Trinajstić information content (AvgIpc) is 2.62. The summed E-state index contributed by atoms with van der Waals surface area (Å²) in [7, 11) is 0. The van der Waals surface area contributed by atoms with Crippen LogP contribution < -0.4 is 10.9 Å². The molecule has 0 saturated carbocycles. The lowest BCUT2D eigenvalue weighted by molar-refractivity contribution is -0.384. The highest BCUT2D eigenvalue weighted by Gasteiger charge is 2.12. The molecule has 132 valence electrons. The Balaban J connectivity index is 1.75. The summed E-state index contributed by atoms with van der Waals surface area (Å²) in [6, 6.07) is 10.9. The second kappa shape index (κ2) is 7.32. The second-order valence-electron chi connectivity index (χ2n) is 5.54. The number of fused-ring (bicyclic) bond motifs is 1. The molecule has 2 aromatic carbocycles. The van der Waals surface area contributed by atoms with E-state index in [1.807, 2.05) is 6.07 Å². The zero-order chi connectivity index (χ0) is 18.7. The lowest BCUT2D eigenvalue weighted by Gasteiger charge is -2.08. The van der Waals surface area contributed by atoms with Crippen LogP contribution in [0, 0.1) is 10.1 Å². The van der Waals surface area contributed by atoms with Crippen molar-refractivity contribution in [2.45, 2.75) is 13.1 Å². The van der Waals surface area contributed by atoms with E-state index < -0.39 is 10.5 Å². The molecule has 0 radical (unpaired) electrons. The van der Waals surface area contributed by atoms with Gasteiger partial charge in [-0.1, -0.05) is 23.7 Å². The van der Waals surface area contributed by atoms with E-state index in [4.69, 9.17) is 11.6 Å². The molecule has 1 amide bonds. The van der Waals surface area contributed by atoms with Gasteiger partial charge in [-0.3, -0.25) is 24.3 Å². The SMILES string of the molecule is O=C(Cn1cnc2cc([N+](=O)[O-])ccc2c1=O)NCc1cccc(Cl)c1. The predicted octanol–water partition coefficient (Wildman–Crippen LogP) is 2.27. The summed E-state index contributed by atoms with van der Waals surface area (Å²) in [6.45, 7) is 0.0701. The van der Waals surface area contributed by atoms with Crippen molar-refractivity contribution >= 4 is 34.1 Å². The molecule has 0 atom stereocenters. The fraction of sp³-hybridized carbons (Fsp3) is 0.118. The summed E-state index contributed by atoms with van der Waals surface area (Å²) in [5, 5.41) is 14.3. The van der Waals surface area contributed by atoms with Gasteiger partial charge in [0.25, 0.3) is 11.2 Å². The van der Waals surface area contributed by atoms with E-state index in [-0.39, 0.29) is 35.6 Å². The van der Waals surface area contributed by atoms with Crippen LogP contribution in [0.2, 0.25) is 5.02 Å². The van der Waals surface area contributed by atoms with E-state index in [0.717, 1.165) is 10.1 Å². The maximum atomic E-state index is 12.4. The Hall–Kier alpha value is -3.26. The Morgan fingerprint density at radius 3 is 2.81 bits per heavy atom. The van der Waals surface area contributed by atoms with Crippen molar-refractivity contribution in [2.24, 2.45) is 0 Å². The van der Waals surface area contributed by atoms with E-state index in [1.165, 1.54) is 24.5 Å². The highest BCUT2D eigenvalue weighted by atomic mass is 35.5. The van der Waals surface area contributed by atoms with Gasteiger partial charge in [0.1, 0.15) is 6.54 Å². The molecule has 1 aromatic heterocycles. The van der Waals surface area contributed by atoms with Gasteiger partial charge in [-0.25, -0.2) is 4.98 Å². The molecule has 26 heavy (non-hydrogen) atoms. The molecule has 0 spiro atoms. The van der Waals surface area contributed by atoms with Gasteiger partial charge >= 0.3 is 0 Å². The fourth-order valence-corrected chi connectivity index (χ4v) is 2.64. The van der Waals surface area contributed by atoms with Crippen molar-refractivity contribution in [3.8, 4) is 0 Å². The first kappa shape index (κ1) is 17.6. The number of amides is 1. The number of halogens is 1. The van der Waals surface area contributed by atoms with E-state index in [9.17, 15) is 19.7 Å². The van der Waals surface area contributed by atoms with Crippen LogP contribution >= 0.6 is 11.6 Å². The van der Waals surface area contributed by atoms with Crippen LogP contribution in [0.15, 0.2) is 53.6 Å². The number of nitro benzene ring substituents is 1. The number of rotatable bonds is 5. The molecular formula is C17H13ClN4O4. The monoisotopic (exact) mass is 372 g/mol. The highest BCUT2D eigenvalue weighted by molar-refractivity contribution is 6.30. The van der Waals surface area contributed by atoms with Gasteiger partial charge in [-0.05, 0) is 23.8 Å². The Morgan fingerprint density at radius 1 is 1.27 bits per heavy atom. The first-order valence-electron chi connectivity index (χ1n) is 7.59. The largest absolute Gasteiger partial charge is 0.350 e. The molecule has 0 aliphatic heterocycles. The predicted molar refractivity (Wildman–Crippen MR) is 96.0 cm³/mol. The van der Waals surface area contributed by atoms with E-state index in [2.05, 4.69) is 10.3 Å². The average molecular weight is 373 g/mol. The number of hydrogen-bond donors (Lipinski definition) is 1. The lowest BCUT2D eigenvalue weighted by atomic mass is 10.2. The van der Waals surface area contributed by atoms with E-state index in [0.29, 0.717) is 5.02 Å². The van der Waals surface area contributed by atoms with Crippen molar-refractivity contribution in [3.63, 3.8) is 0 Å². The van der Waals surface area contributed by atoms with Crippen LogP contribution in [-0.4, -0.2) is 20.4 Å². The molecule has 0 saturated heterocycles. The van der Waals surface area contributed by atoms with E-state index in [1.54, 1.807) is 18.2 Å². The second-order valence-corrected chi connectivity index (χ2v) is 5.98. The quantitative estimate of drug-likeness (QED) is 0.546. The van der Waals surface area contributed by atoms with Crippen LogP contribution in [0.4, 0.5) is 5.69 Å². The molecule has 1 N–H and O–H groups in total. The maximum absolute atomic E-state index is 12.4. The number of nitro groups is 1. The van der Waals surface area contributed by atoms with Crippen molar-refractivity contribution in [1.29, 1.82) is 0 Å². The molecule has 8 nitrogen and oxygen atoms in total. The first-order valence-corrected chi connectivity index (χ1v) is 7.96. The third-order valence-corrected chi connectivity index (χ3v) is 3.95. The Morgan fingerprint density at radius 2 is 2.08 bits per heavy atom. The molecule has 3 rings (SSSR count). The zero-order valence-corrected chi connectivity index (χ0v) is 14.1. The molecule has 0 aliphatic rings. The summed E-state index contributed by atoms with van der Waals surface area (Å²) in [6.07, 6.45) is 1.20. The third kappa shape index (κ3) is 3.86.